The molecule has 0 saturated carbocycles. The molecule has 64 valence electrons. The van der Waals surface area contributed by atoms with Crippen LogP contribution in [-0.2, 0) is 9.53 Å². The van der Waals surface area contributed by atoms with E-state index >= 15 is 0 Å². The summed E-state index contributed by atoms with van der Waals surface area (Å²) < 4.78 is 5.03. The summed E-state index contributed by atoms with van der Waals surface area (Å²) in [4.78, 5) is 10.6. The maximum absolute atomic E-state index is 10.6. The molecule has 1 rings (SSSR count). The van der Waals surface area contributed by atoms with Gasteiger partial charge in [-0.05, 0) is 26.3 Å². The molecule has 3 nitrogen and oxygen atoms in total. The van der Waals surface area contributed by atoms with E-state index in [2.05, 4.69) is 5.32 Å². The van der Waals surface area contributed by atoms with Crippen LogP contribution in [0.15, 0.2) is 0 Å². The third-order valence-corrected chi connectivity index (χ3v) is 2.02. The van der Waals surface area contributed by atoms with Crippen molar-refractivity contribution in [3.05, 3.63) is 0 Å². The lowest BCUT2D eigenvalue weighted by atomic mass is 10.1. The van der Waals surface area contributed by atoms with Gasteiger partial charge in [-0.25, -0.2) is 0 Å². The van der Waals surface area contributed by atoms with Gasteiger partial charge >= 0.3 is 5.97 Å². The number of hydrogen-bond acceptors (Lipinski definition) is 3. The van der Waals surface area contributed by atoms with Crippen molar-refractivity contribution < 1.29 is 9.53 Å². The zero-order chi connectivity index (χ0) is 8.27. The van der Waals surface area contributed by atoms with Crippen LogP contribution in [0, 0.1) is 0 Å². The SMILES string of the molecule is CC(=O)OC(C)C1CCCN1. The fourth-order valence-electron chi connectivity index (χ4n) is 1.46. The van der Waals surface area contributed by atoms with Crippen molar-refractivity contribution in [1.29, 1.82) is 0 Å². The second-order valence-electron chi connectivity index (χ2n) is 3.02. The molecule has 0 aromatic rings. The molecular formula is C8H15NO2. The highest BCUT2D eigenvalue weighted by atomic mass is 16.5. The van der Waals surface area contributed by atoms with Gasteiger partial charge in [0.25, 0.3) is 0 Å². The molecule has 0 aromatic carbocycles. The van der Waals surface area contributed by atoms with Crippen LogP contribution in [-0.4, -0.2) is 24.7 Å². The van der Waals surface area contributed by atoms with Crippen LogP contribution in [0.1, 0.15) is 26.7 Å². The van der Waals surface area contributed by atoms with Crippen LogP contribution in [0.4, 0.5) is 0 Å². The highest BCUT2D eigenvalue weighted by Crippen LogP contribution is 2.11. The van der Waals surface area contributed by atoms with Crippen molar-refractivity contribution in [3.63, 3.8) is 0 Å². The Labute approximate surface area is 67.1 Å². The summed E-state index contributed by atoms with van der Waals surface area (Å²) in [7, 11) is 0. The van der Waals surface area contributed by atoms with Crippen LogP contribution in [0.3, 0.4) is 0 Å². The lowest BCUT2D eigenvalue weighted by molar-refractivity contribution is -0.146. The van der Waals surface area contributed by atoms with E-state index in [0.29, 0.717) is 6.04 Å². The summed E-state index contributed by atoms with van der Waals surface area (Å²) in [6, 6.07) is 0.374. The van der Waals surface area contributed by atoms with E-state index in [4.69, 9.17) is 4.74 Å². The molecule has 3 heteroatoms. The summed E-state index contributed by atoms with van der Waals surface area (Å²) >= 11 is 0. The molecule has 1 aliphatic heterocycles. The molecule has 2 unspecified atom stereocenters. The summed E-state index contributed by atoms with van der Waals surface area (Å²) in [6.45, 7) is 4.44. The second kappa shape index (κ2) is 3.72. The van der Waals surface area contributed by atoms with E-state index < -0.39 is 0 Å². The quantitative estimate of drug-likeness (QED) is 0.599. The maximum Gasteiger partial charge on any atom is 0.302 e. The summed E-state index contributed by atoms with van der Waals surface area (Å²) in [5, 5.41) is 3.28. The molecule has 0 spiro atoms. The molecule has 0 aromatic heterocycles. The predicted molar refractivity (Wildman–Crippen MR) is 42.3 cm³/mol. The molecule has 1 N–H and O–H groups in total. The minimum absolute atomic E-state index is 0.0231. The Morgan fingerprint density at radius 3 is 2.91 bits per heavy atom. The van der Waals surface area contributed by atoms with Crippen LogP contribution < -0.4 is 5.32 Å². The number of hydrogen-bond donors (Lipinski definition) is 1. The average molecular weight is 157 g/mol. The first kappa shape index (κ1) is 8.53. The molecule has 1 heterocycles. The first-order valence-electron chi connectivity index (χ1n) is 4.11. The van der Waals surface area contributed by atoms with Crippen molar-refractivity contribution in [2.24, 2.45) is 0 Å². The minimum atomic E-state index is -0.189. The van der Waals surface area contributed by atoms with Gasteiger partial charge in [-0.2, -0.15) is 0 Å². The van der Waals surface area contributed by atoms with E-state index in [1.807, 2.05) is 6.92 Å². The van der Waals surface area contributed by atoms with Crippen molar-refractivity contribution in [2.75, 3.05) is 6.54 Å². The van der Waals surface area contributed by atoms with Crippen molar-refractivity contribution in [3.8, 4) is 0 Å². The Morgan fingerprint density at radius 2 is 2.45 bits per heavy atom. The molecule has 0 radical (unpaired) electrons. The zero-order valence-electron chi connectivity index (χ0n) is 7.09. The normalized spacial score (nSPS) is 26.5. The van der Waals surface area contributed by atoms with Crippen molar-refractivity contribution >= 4 is 5.97 Å². The minimum Gasteiger partial charge on any atom is -0.461 e. The molecule has 1 fully saturated rings. The topological polar surface area (TPSA) is 38.3 Å². The third-order valence-electron chi connectivity index (χ3n) is 2.02. The summed E-state index contributed by atoms with van der Waals surface area (Å²) in [6.07, 6.45) is 2.33. The summed E-state index contributed by atoms with van der Waals surface area (Å²) in [5.74, 6) is -0.189. The number of carbonyl (C=O) groups excluding carboxylic acids is 1. The molecule has 0 amide bonds. The molecule has 0 aliphatic carbocycles. The number of carbonyl (C=O) groups is 1. The monoisotopic (exact) mass is 157 g/mol. The van der Waals surface area contributed by atoms with Gasteiger partial charge in [-0.15, -0.1) is 0 Å². The molecule has 2 atom stereocenters. The van der Waals surface area contributed by atoms with Gasteiger partial charge in [0.1, 0.15) is 6.10 Å². The Morgan fingerprint density at radius 1 is 1.73 bits per heavy atom. The van der Waals surface area contributed by atoms with E-state index in [1.54, 1.807) is 0 Å². The highest BCUT2D eigenvalue weighted by molar-refractivity contribution is 5.66. The first-order valence-corrected chi connectivity index (χ1v) is 4.11. The van der Waals surface area contributed by atoms with Crippen LogP contribution in [0.5, 0.6) is 0 Å². The van der Waals surface area contributed by atoms with E-state index in [0.717, 1.165) is 13.0 Å². The molecule has 11 heavy (non-hydrogen) atoms. The Hall–Kier alpha value is -0.570. The first-order chi connectivity index (χ1) is 5.20. The molecule has 1 saturated heterocycles. The van der Waals surface area contributed by atoms with Crippen molar-refractivity contribution in [2.45, 2.75) is 38.8 Å². The predicted octanol–water partition coefficient (Wildman–Crippen LogP) is 0.690. The third kappa shape index (κ3) is 2.50. The van der Waals surface area contributed by atoms with Crippen LogP contribution >= 0.6 is 0 Å². The van der Waals surface area contributed by atoms with Crippen LogP contribution in [0.25, 0.3) is 0 Å². The summed E-state index contributed by atoms with van der Waals surface area (Å²) in [5.41, 5.74) is 0. The lowest BCUT2D eigenvalue weighted by Gasteiger charge is -2.18. The van der Waals surface area contributed by atoms with E-state index in [9.17, 15) is 4.79 Å². The van der Waals surface area contributed by atoms with Crippen LogP contribution in [0.2, 0.25) is 0 Å². The number of nitrogens with one attached hydrogen (secondary N) is 1. The van der Waals surface area contributed by atoms with E-state index in [1.165, 1.54) is 13.3 Å². The van der Waals surface area contributed by atoms with Gasteiger partial charge in [-0.1, -0.05) is 0 Å². The number of esters is 1. The van der Waals surface area contributed by atoms with Gasteiger partial charge in [0.05, 0.1) is 0 Å². The van der Waals surface area contributed by atoms with Gasteiger partial charge < -0.3 is 10.1 Å². The Bertz CT molecular complexity index is 141. The van der Waals surface area contributed by atoms with Gasteiger partial charge in [0.2, 0.25) is 0 Å². The number of rotatable bonds is 2. The maximum atomic E-state index is 10.6. The van der Waals surface area contributed by atoms with Gasteiger partial charge in [-0.3, -0.25) is 4.79 Å². The largest absolute Gasteiger partial charge is 0.461 e. The second-order valence-corrected chi connectivity index (χ2v) is 3.02. The van der Waals surface area contributed by atoms with Gasteiger partial charge in [0, 0.05) is 13.0 Å². The average Bonchev–Trinajstić information content (AvgIpc) is 2.35. The van der Waals surface area contributed by atoms with Gasteiger partial charge in [0.15, 0.2) is 0 Å². The number of ether oxygens (including phenoxy) is 1. The smallest absolute Gasteiger partial charge is 0.302 e. The standard InChI is InChI=1S/C8H15NO2/c1-6(11-7(2)10)8-4-3-5-9-8/h6,8-9H,3-5H2,1-2H3. The Balaban J connectivity index is 2.28. The molecular weight excluding hydrogens is 142 g/mol. The van der Waals surface area contributed by atoms with Crippen molar-refractivity contribution in [1.82, 2.24) is 5.32 Å². The Kier molecular flexibility index (Phi) is 2.88. The highest BCUT2D eigenvalue weighted by Gasteiger charge is 2.22. The molecule has 0 bridgehead atoms. The lowest BCUT2D eigenvalue weighted by Crippen LogP contribution is -2.35. The molecule has 1 aliphatic rings. The fraction of sp³-hybridized carbons (Fsp3) is 0.875. The fourth-order valence-corrected chi connectivity index (χ4v) is 1.46. The zero-order valence-corrected chi connectivity index (χ0v) is 7.09. The van der Waals surface area contributed by atoms with E-state index in [-0.39, 0.29) is 12.1 Å².